The van der Waals surface area contributed by atoms with Gasteiger partial charge < -0.3 is 5.32 Å². The molecule has 0 radical (unpaired) electrons. The molecule has 7 heteroatoms. The molecular formula is C12H9N5OS. The smallest absolute Gasteiger partial charge is 0.275 e. The van der Waals surface area contributed by atoms with Crippen LogP contribution in [0.5, 0.6) is 0 Å². The molecule has 3 rings (SSSR count). The summed E-state index contributed by atoms with van der Waals surface area (Å²) in [4.78, 5) is 20.2. The van der Waals surface area contributed by atoms with Crippen molar-refractivity contribution < 1.29 is 4.79 Å². The molecule has 1 N–H and O–H groups in total. The summed E-state index contributed by atoms with van der Waals surface area (Å²) in [6.45, 7) is 0. The number of thiazole rings is 1. The summed E-state index contributed by atoms with van der Waals surface area (Å²) in [6.07, 6.45) is 5.07. The lowest BCUT2D eigenvalue weighted by atomic mass is 10.3. The van der Waals surface area contributed by atoms with Crippen LogP contribution < -0.4 is 5.32 Å². The molecule has 0 aliphatic heterocycles. The topological polar surface area (TPSA) is 72.7 Å². The minimum Gasteiger partial charge on any atom is -0.317 e. The Morgan fingerprint density at radius 1 is 1.26 bits per heavy atom. The number of carbonyl (C=O) groups is 1. The number of rotatable bonds is 3. The molecule has 0 aliphatic carbocycles. The zero-order chi connectivity index (χ0) is 13.1. The van der Waals surface area contributed by atoms with E-state index in [2.05, 4.69) is 20.4 Å². The van der Waals surface area contributed by atoms with E-state index in [9.17, 15) is 4.79 Å². The second-order valence-electron chi connectivity index (χ2n) is 3.65. The first kappa shape index (κ1) is 11.5. The lowest BCUT2D eigenvalue weighted by molar-refractivity contribution is 0.102. The van der Waals surface area contributed by atoms with Gasteiger partial charge in [0.1, 0.15) is 5.69 Å². The zero-order valence-corrected chi connectivity index (χ0v) is 10.5. The summed E-state index contributed by atoms with van der Waals surface area (Å²) in [5.74, 6) is 0.304. The van der Waals surface area contributed by atoms with E-state index in [0.29, 0.717) is 17.2 Å². The van der Waals surface area contributed by atoms with Gasteiger partial charge in [-0.05, 0) is 18.2 Å². The molecule has 3 heterocycles. The number of carbonyl (C=O) groups excluding carboxylic acids is 1. The van der Waals surface area contributed by atoms with Crippen molar-refractivity contribution in [3.8, 4) is 5.82 Å². The van der Waals surface area contributed by atoms with E-state index in [1.807, 2.05) is 0 Å². The Labute approximate surface area is 112 Å². The summed E-state index contributed by atoms with van der Waals surface area (Å²) in [7, 11) is 0. The van der Waals surface area contributed by atoms with E-state index in [0.717, 1.165) is 0 Å². The van der Waals surface area contributed by atoms with Gasteiger partial charge in [0.15, 0.2) is 5.82 Å². The number of pyridine rings is 1. The van der Waals surface area contributed by atoms with Crippen molar-refractivity contribution in [3.63, 3.8) is 0 Å². The molecule has 0 fully saturated rings. The quantitative estimate of drug-likeness (QED) is 0.790. The number of aromatic nitrogens is 4. The van der Waals surface area contributed by atoms with Crippen molar-refractivity contribution in [2.45, 2.75) is 0 Å². The fraction of sp³-hybridized carbons (Fsp3) is 0. The predicted molar refractivity (Wildman–Crippen MR) is 71.4 cm³/mol. The lowest BCUT2D eigenvalue weighted by Gasteiger charge is -2.08. The molecule has 3 aromatic rings. The molecular weight excluding hydrogens is 262 g/mol. The molecule has 0 bridgehead atoms. The molecule has 0 saturated heterocycles. The Bertz CT molecular complexity index is 678. The van der Waals surface area contributed by atoms with Gasteiger partial charge in [-0.25, -0.2) is 14.6 Å². The van der Waals surface area contributed by atoms with Crippen LogP contribution in [-0.4, -0.2) is 25.7 Å². The lowest BCUT2D eigenvalue weighted by Crippen LogP contribution is -2.15. The molecule has 6 nitrogen and oxygen atoms in total. The molecule has 0 unspecified atom stereocenters. The van der Waals surface area contributed by atoms with E-state index in [4.69, 9.17) is 0 Å². The Balaban J connectivity index is 1.92. The summed E-state index contributed by atoms with van der Waals surface area (Å²) in [5.41, 5.74) is 2.59. The first-order valence-electron chi connectivity index (χ1n) is 5.49. The fourth-order valence-corrected chi connectivity index (χ4v) is 2.11. The number of amides is 1. The zero-order valence-electron chi connectivity index (χ0n) is 9.72. The second-order valence-corrected chi connectivity index (χ2v) is 4.37. The molecule has 0 spiro atoms. The van der Waals surface area contributed by atoms with Crippen LogP contribution >= 0.6 is 11.3 Å². The van der Waals surface area contributed by atoms with E-state index >= 15 is 0 Å². The van der Waals surface area contributed by atoms with Gasteiger partial charge in [0, 0.05) is 24.0 Å². The third-order valence-electron chi connectivity index (χ3n) is 2.42. The average molecular weight is 271 g/mol. The summed E-state index contributed by atoms with van der Waals surface area (Å²) >= 11 is 1.38. The van der Waals surface area contributed by atoms with Gasteiger partial charge in [0.05, 0.1) is 11.2 Å². The van der Waals surface area contributed by atoms with Crippen LogP contribution in [0.2, 0.25) is 0 Å². The van der Waals surface area contributed by atoms with Gasteiger partial charge in [-0.3, -0.25) is 4.79 Å². The first-order chi connectivity index (χ1) is 9.34. The standard InChI is InChI=1S/C12H9N5OS/c18-12(10-7-19-8-14-10)16-9-3-1-4-13-11(9)17-6-2-5-15-17/h1-8H,(H,16,18). The van der Waals surface area contributed by atoms with Crippen LogP contribution in [0.15, 0.2) is 47.7 Å². The van der Waals surface area contributed by atoms with Crippen LogP contribution in [0, 0.1) is 0 Å². The Morgan fingerprint density at radius 2 is 2.21 bits per heavy atom. The number of hydrogen-bond donors (Lipinski definition) is 1. The highest BCUT2D eigenvalue weighted by atomic mass is 32.1. The van der Waals surface area contributed by atoms with Crippen molar-refractivity contribution in [3.05, 3.63) is 53.4 Å². The van der Waals surface area contributed by atoms with Gasteiger partial charge >= 0.3 is 0 Å². The Hall–Kier alpha value is -2.54. The number of anilines is 1. The Kier molecular flexibility index (Phi) is 3.03. The maximum Gasteiger partial charge on any atom is 0.275 e. The number of nitrogens with one attached hydrogen (secondary N) is 1. The third kappa shape index (κ3) is 2.36. The maximum atomic E-state index is 12.0. The van der Waals surface area contributed by atoms with E-state index < -0.39 is 0 Å². The molecule has 0 aliphatic rings. The van der Waals surface area contributed by atoms with Crippen molar-refractivity contribution in [1.29, 1.82) is 0 Å². The van der Waals surface area contributed by atoms with Crippen LogP contribution in [0.25, 0.3) is 5.82 Å². The molecule has 0 saturated carbocycles. The van der Waals surface area contributed by atoms with Crippen LogP contribution in [-0.2, 0) is 0 Å². The van der Waals surface area contributed by atoms with E-state index in [-0.39, 0.29) is 5.91 Å². The molecule has 3 aromatic heterocycles. The first-order valence-corrected chi connectivity index (χ1v) is 6.43. The van der Waals surface area contributed by atoms with Crippen LogP contribution in [0.4, 0.5) is 5.69 Å². The number of nitrogens with zero attached hydrogens (tertiary/aromatic N) is 4. The largest absolute Gasteiger partial charge is 0.317 e. The van der Waals surface area contributed by atoms with E-state index in [1.165, 1.54) is 11.3 Å². The highest BCUT2D eigenvalue weighted by molar-refractivity contribution is 7.07. The monoisotopic (exact) mass is 271 g/mol. The van der Waals surface area contributed by atoms with Crippen LogP contribution in [0.1, 0.15) is 10.5 Å². The minimum absolute atomic E-state index is 0.261. The van der Waals surface area contributed by atoms with Gasteiger partial charge in [-0.15, -0.1) is 11.3 Å². The SMILES string of the molecule is O=C(Nc1cccnc1-n1cccn1)c1cscn1. The summed E-state index contributed by atoms with van der Waals surface area (Å²) < 4.78 is 1.59. The minimum atomic E-state index is -0.261. The molecule has 1 amide bonds. The van der Waals surface area contributed by atoms with E-state index in [1.54, 1.807) is 52.4 Å². The van der Waals surface area contributed by atoms with Crippen molar-refractivity contribution in [1.82, 2.24) is 19.7 Å². The van der Waals surface area contributed by atoms with Crippen molar-refractivity contribution >= 4 is 22.9 Å². The molecule has 0 aromatic carbocycles. The third-order valence-corrected chi connectivity index (χ3v) is 3.01. The molecule has 94 valence electrons. The van der Waals surface area contributed by atoms with Crippen molar-refractivity contribution in [2.75, 3.05) is 5.32 Å². The van der Waals surface area contributed by atoms with Crippen LogP contribution in [0.3, 0.4) is 0 Å². The van der Waals surface area contributed by atoms with Crippen molar-refractivity contribution in [2.24, 2.45) is 0 Å². The normalized spacial score (nSPS) is 10.3. The van der Waals surface area contributed by atoms with Gasteiger partial charge in [-0.1, -0.05) is 0 Å². The highest BCUT2D eigenvalue weighted by Gasteiger charge is 2.12. The maximum absolute atomic E-state index is 12.0. The Morgan fingerprint density at radius 3 is 2.95 bits per heavy atom. The molecule has 0 atom stereocenters. The van der Waals surface area contributed by atoms with Gasteiger partial charge in [-0.2, -0.15) is 5.10 Å². The summed E-state index contributed by atoms with van der Waals surface area (Å²) in [5, 5.41) is 8.58. The number of hydrogen-bond acceptors (Lipinski definition) is 5. The van der Waals surface area contributed by atoms with Gasteiger partial charge in [0.25, 0.3) is 5.91 Å². The molecule has 19 heavy (non-hydrogen) atoms. The average Bonchev–Trinajstić information content (AvgIpc) is 3.13. The highest BCUT2D eigenvalue weighted by Crippen LogP contribution is 2.17. The predicted octanol–water partition coefficient (Wildman–Crippen LogP) is 1.98. The van der Waals surface area contributed by atoms with Gasteiger partial charge in [0.2, 0.25) is 0 Å². The summed E-state index contributed by atoms with van der Waals surface area (Å²) in [6, 6.07) is 5.32. The fourth-order valence-electron chi connectivity index (χ4n) is 1.58. The second kappa shape index (κ2) is 4.99.